The van der Waals surface area contributed by atoms with Crippen molar-refractivity contribution in [1.29, 1.82) is 5.26 Å². The molecule has 0 aliphatic carbocycles. The molecule has 0 amide bonds. The van der Waals surface area contributed by atoms with Crippen LogP contribution in [0.15, 0.2) is 22.7 Å². The summed E-state index contributed by atoms with van der Waals surface area (Å²) in [5.74, 6) is 0. The van der Waals surface area contributed by atoms with Gasteiger partial charge in [-0.1, -0.05) is 13.3 Å². The first-order valence-electron chi connectivity index (χ1n) is 5.64. The largest absolute Gasteiger partial charge is 0.388 e. The lowest BCUT2D eigenvalue weighted by atomic mass is 10.0. The summed E-state index contributed by atoms with van der Waals surface area (Å²) in [4.78, 5) is 0. The highest BCUT2D eigenvalue weighted by atomic mass is 79.9. The van der Waals surface area contributed by atoms with E-state index in [1.54, 1.807) is 6.07 Å². The van der Waals surface area contributed by atoms with Crippen molar-refractivity contribution in [1.82, 2.24) is 0 Å². The van der Waals surface area contributed by atoms with Crippen LogP contribution in [0.4, 0.5) is 5.69 Å². The zero-order valence-electron chi connectivity index (χ0n) is 10.1. The number of nitriles is 1. The normalized spacial score (nSPS) is 13.8. The van der Waals surface area contributed by atoms with Crippen LogP contribution < -0.4 is 5.32 Å². The predicted molar refractivity (Wildman–Crippen MR) is 72.9 cm³/mol. The number of rotatable bonds is 5. The fourth-order valence-corrected chi connectivity index (χ4v) is 2.10. The molecule has 0 aromatic heterocycles. The summed E-state index contributed by atoms with van der Waals surface area (Å²) in [6.07, 6.45) is 1.71. The third kappa shape index (κ3) is 4.37. The maximum Gasteiger partial charge on any atom is 0.100 e. The number of anilines is 1. The van der Waals surface area contributed by atoms with Crippen molar-refractivity contribution in [2.45, 2.75) is 32.3 Å². The molecular formula is C13H17BrN2O. The SMILES string of the molecule is CCCC(C)(O)CNc1ccc(C#N)c(Br)c1. The predicted octanol–water partition coefficient (Wildman–Crippen LogP) is 3.28. The molecule has 1 rings (SSSR count). The van der Waals surface area contributed by atoms with Crippen molar-refractivity contribution in [3.63, 3.8) is 0 Å². The molecule has 1 unspecified atom stereocenters. The molecule has 92 valence electrons. The van der Waals surface area contributed by atoms with Crippen LogP contribution in [0.1, 0.15) is 32.3 Å². The zero-order valence-corrected chi connectivity index (χ0v) is 11.7. The minimum absolute atomic E-state index is 0.499. The lowest BCUT2D eigenvalue weighted by molar-refractivity contribution is 0.0637. The van der Waals surface area contributed by atoms with Crippen LogP contribution in [-0.4, -0.2) is 17.3 Å². The van der Waals surface area contributed by atoms with Gasteiger partial charge in [-0.15, -0.1) is 0 Å². The first-order chi connectivity index (χ1) is 7.98. The maximum absolute atomic E-state index is 10.0. The molecule has 3 nitrogen and oxygen atoms in total. The van der Waals surface area contributed by atoms with Gasteiger partial charge in [0.2, 0.25) is 0 Å². The van der Waals surface area contributed by atoms with E-state index in [0.29, 0.717) is 12.1 Å². The minimum atomic E-state index is -0.699. The minimum Gasteiger partial charge on any atom is -0.388 e. The van der Waals surface area contributed by atoms with Crippen molar-refractivity contribution >= 4 is 21.6 Å². The highest BCUT2D eigenvalue weighted by molar-refractivity contribution is 9.10. The second-order valence-corrected chi connectivity index (χ2v) is 5.26. The average molecular weight is 297 g/mol. The van der Waals surface area contributed by atoms with Gasteiger partial charge in [-0.3, -0.25) is 0 Å². The van der Waals surface area contributed by atoms with E-state index >= 15 is 0 Å². The number of nitrogens with zero attached hydrogens (tertiary/aromatic N) is 1. The van der Waals surface area contributed by atoms with Gasteiger partial charge in [0.15, 0.2) is 0 Å². The Morgan fingerprint density at radius 2 is 2.24 bits per heavy atom. The Morgan fingerprint density at radius 3 is 2.76 bits per heavy atom. The molecule has 0 radical (unpaired) electrons. The van der Waals surface area contributed by atoms with E-state index in [0.717, 1.165) is 23.0 Å². The third-order valence-corrected chi connectivity index (χ3v) is 3.21. The standard InChI is InChI=1S/C13H17BrN2O/c1-3-6-13(2,17)9-16-11-5-4-10(8-15)12(14)7-11/h4-5,7,16-17H,3,6,9H2,1-2H3. The number of aliphatic hydroxyl groups is 1. The van der Waals surface area contributed by atoms with Gasteiger partial charge in [0.05, 0.1) is 11.2 Å². The molecule has 0 aliphatic rings. The summed E-state index contributed by atoms with van der Waals surface area (Å²) >= 11 is 3.33. The Morgan fingerprint density at radius 1 is 1.53 bits per heavy atom. The molecule has 17 heavy (non-hydrogen) atoms. The van der Waals surface area contributed by atoms with Crippen molar-refractivity contribution in [3.8, 4) is 6.07 Å². The van der Waals surface area contributed by atoms with Crippen molar-refractivity contribution in [2.24, 2.45) is 0 Å². The number of nitrogens with one attached hydrogen (secondary N) is 1. The first kappa shape index (κ1) is 14.0. The lowest BCUT2D eigenvalue weighted by Gasteiger charge is -2.23. The highest BCUT2D eigenvalue weighted by Gasteiger charge is 2.18. The van der Waals surface area contributed by atoms with Crippen LogP contribution in [0.3, 0.4) is 0 Å². The van der Waals surface area contributed by atoms with Crippen molar-refractivity contribution in [2.75, 3.05) is 11.9 Å². The van der Waals surface area contributed by atoms with Gasteiger partial charge in [-0.2, -0.15) is 5.26 Å². The van der Waals surface area contributed by atoms with Gasteiger partial charge in [0, 0.05) is 16.7 Å². The molecule has 2 N–H and O–H groups in total. The monoisotopic (exact) mass is 296 g/mol. The summed E-state index contributed by atoms with van der Waals surface area (Å²) in [5.41, 5.74) is 0.804. The number of hydrogen-bond donors (Lipinski definition) is 2. The Bertz CT molecular complexity index is 424. The smallest absolute Gasteiger partial charge is 0.100 e. The zero-order chi connectivity index (χ0) is 12.9. The Balaban J connectivity index is 2.65. The van der Waals surface area contributed by atoms with Crippen LogP contribution in [0.2, 0.25) is 0 Å². The van der Waals surface area contributed by atoms with Gasteiger partial charge < -0.3 is 10.4 Å². The molecule has 1 atom stereocenters. The number of hydrogen-bond acceptors (Lipinski definition) is 3. The van der Waals surface area contributed by atoms with Crippen LogP contribution in [-0.2, 0) is 0 Å². The Labute approximate surface area is 111 Å². The summed E-state index contributed by atoms with van der Waals surface area (Å²) in [6.45, 7) is 4.37. The third-order valence-electron chi connectivity index (χ3n) is 2.55. The van der Waals surface area contributed by atoms with E-state index < -0.39 is 5.60 Å². The molecule has 0 spiro atoms. The fourth-order valence-electron chi connectivity index (χ4n) is 1.64. The van der Waals surface area contributed by atoms with E-state index in [4.69, 9.17) is 5.26 Å². The van der Waals surface area contributed by atoms with Crippen LogP contribution in [0.25, 0.3) is 0 Å². The van der Waals surface area contributed by atoms with Crippen LogP contribution in [0.5, 0.6) is 0 Å². The topological polar surface area (TPSA) is 56.0 Å². The molecule has 0 saturated heterocycles. The molecule has 0 bridgehead atoms. The molecule has 0 saturated carbocycles. The molecule has 0 heterocycles. The molecule has 1 aromatic rings. The molecule has 4 heteroatoms. The molecule has 0 fully saturated rings. The van der Waals surface area contributed by atoms with Crippen LogP contribution >= 0.6 is 15.9 Å². The van der Waals surface area contributed by atoms with E-state index in [1.165, 1.54) is 0 Å². The fraction of sp³-hybridized carbons (Fsp3) is 0.462. The lowest BCUT2D eigenvalue weighted by Crippen LogP contribution is -2.33. The van der Waals surface area contributed by atoms with Crippen LogP contribution in [0, 0.1) is 11.3 Å². The Kier molecular flexibility index (Phi) is 4.98. The van der Waals surface area contributed by atoms with Gasteiger partial charge in [-0.05, 0) is 47.5 Å². The second-order valence-electron chi connectivity index (χ2n) is 4.41. The summed E-state index contributed by atoms with van der Waals surface area (Å²) in [7, 11) is 0. The van der Waals surface area contributed by atoms with E-state index in [1.807, 2.05) is 26.0 Å². The van der Waals surface area contributed by atoms with Gasteiger partial charge in [0.1, 0.15) is 6.07 Å². The molecular weight excluding hydrogens is 280 g/mol. The Hall–Kier alpha value is -1.05. The second kappa shape index (κ2) is 6.04. The van der Waals surface area contributed by atoms with E-state index in [2.05, 4.69) is 27.3 Å². The van der Waals surface area contributed by atoms with Crippen molar-refractivity contribution in [3.05, 3.63) is 28.2 Å². The highest BCUT2D eigenvalue weighted by Crippen LogP contribution is 2.22. The molecule has 1 aromatic carbocycles. The number of benzene rings is 1. The van der Waals surface area contributed by atoms with Gasteiger partial charge >= 0.3 is 0 Å². The summed E-state index contributed by atoms with van der Waals surface area (Å²) < 4.78 is 0.764. The summed E-state index contributed by atoms with van der Waals surface area (Å²) in [6, 6.07) is 7.53. The van der Waals surface area contributed by atoms with E-state index in [9.17, 15) is 5.11 Å². The number of halogens is 1. The first-order valence-corrected chi connectivity index (χ1v) is 6.43. The van der Waals surface area contributed by atoms with Gasteiger partial charge in [0.25, 0.3) is 0 Å². The van der Waals surface area contributed by atoms with E-state index in [-0.39, 0.29) is 0 Å². The molecule has 0 aliphatic heterocycles. The summed E-state index contributed by atoms with van der Waals surface area (Å²) in [5, 5.41) is 22.0. The van der Waals surface area contributed by atoms with Crippen molar-refractivity contribution < 1.29 is 5.11 Å². The maximum atomic E-state index is 10.0. The average Bonchev–Trinajstić information content (AvgIpc) is 2.27. The quantitative estimate of drug-likeness (QED) is 0.877. The van der Waals surface area contributed by atoms with Gasteiger partial charge in [-0.25, -0.2) is 0 Å².